The van der Waals surface area contributed by atoms with Crippen molar-refractivity contribution in [1.82, 2.24) is 0 Å². The lowest BCUT2D eigenvalue weighted by molar-refractivity contribution is 0.0698. The minimum atomic E-state index is -3.90. The average Bonchev–Trinajstić information content (AvgIpc) is 2.75. The number of hydrogen-bond donors (Lipinski definition) is 2. The first-order valence-electron chi connectivity index (χ1n) is 5.71. The van der Waals surface area contributed by atoms with E-state index in [4.69, 9.17) is 5.11 Å². The fourth-order valence-electron chi connectivity index (χ4n) is 1.91. The van der Waals surface area contributed by atoms with Crippen LogP contribution in [0.2, 0.25) is 0 Å². The highest BCUT2D eigenvalue weighted by molar-refractivity contribution is 7.93. The highest BCUT2D eigenvalue weighted by Crippen LogP contribution is 2.25. The number of sulfonamides is 1. The number of carbonyl (C=O) groups is 1. The van der Waals surface area contributed by atoms with Gasteiger partial charge in [-0.05, 0) is 48.6 Å². The Balaban J connectivity index is 2.41. The summed E-state index contributed by atoms with van der Waals surface area (Å²) in [4.78, 5) is 10.6. The number of aryl methyl sites for hydroxylation is 2. The van der Waals surface area contributed by atoms with Gasteiger partial charge in [0, 0.05) is 5.69 Å². The van der Waals surface area contributed by atoms with Crippen molar-refractivity contribution in [2.75, 3.05) is 4.72 Å². The maximum Gasteiger partial charge on any atom is 0.347 e. The van der Waals surface area contributed by atoms with Crippen molar-refractivity contribution in [3.8, 4) is 0 Å². The molecule has 0 atom stereocenters. The van der Waals surface area contributed by atoms with Gasteiger partial charge in [-0.3, -0.25) is 4.72 Å². The molecule has 7 heteroatoms. The Morgan fingerprint density at radius 2 is 1.80 bits per heavy atom. The molecule has 20 heavy (non-hydrogen) atoms. The Bertz CT molecular complexity index is 742. The molecule has 1 aromatic heterocycles. The van der Waals surface area contributed by atoms with E-state index in [0.717, 1.165) is 22.5 Å². The van der Waals surface area contributed by atoms with Gasteiger partial charge in [-0.1, -0.05) is 6.07 Å². The Labute approximate surface area is 120 Å². The van der Waals surface area contributed by atoms with E-state index in [9.17, 15) is 13.2 Å². The summed E-state index contributed by atoms with van der Waals surface area (Å²) in [5.41, 5.74) is 2.27. The van der Waals surface area contributed by atoms with Crippen LogP contribution in [0.25, 0.3) is 0 Å². The number of rotatable bonds is 4. The summed E-state index contributed by atoms with van der Waals surface area (Å²) in [5, 5.41) is 10.4. The minimum absolute atomic E-state index is 0.193. The molecule has 0 amide bonds. The van der Waals surface area contributed by atoms with Crippen LogP contribution < -0.4 is 4.72 Å². The Kier molecular flexibility index (Phi) is 3.82. The lowest BCUT2D eigenvalue weighted by Gasteiger charge is -2.09. The summed E-state index contributed by atoms with van der Waals surface area (Å²) in [6.07, 6.45) is 0. The van der Waals surface area contributed by atoms with Crippen molar-refractivity contribution in [3.05, 3.63) is 45.6 Å². The van der Waals surface area contributed by atoms with Gasteiger partial charge >= 0.3 is 5.97 Å². The normalized spacial score (nSPS) is 11.3. The highest BCUT2D eigenvalue weighted by Gasteiger charge is 2.23. The molecule has 0 saturated carbocycles. The molecule has 0 bridgehead atoms. The molecule has 0 radical (unpaired) electrons. The van der Waals surface area contributed by atoms with Crippen molar-refractivity contribution in [1.29, 1.82) is 0 Å². The molecule has 1 aromatic carbocycles. The second-order valence-corrected chi connectivity index (χ2v) is 6.97. The van der Waals surface area contributed by atoms with Crippen LogP contribution >= 0.6 is 11.3 Å². The first-order chi connectivity index (χ1) is 9.29. The zero-order chi connectivity index (χ0) is 14.9. The van der Waals surface area contributed by atoms with E-state index in [2.05, 4.69) is 4.72 Å². The largest absolute Gasteiger partial charge is 0.477 e. The fraction of sp³-hybridized carbons (Fsp3) is 0.154. The van der Waals surface area contributed by atoms with Crippen molar-refractivity contribution < 1.29 is 18.3 Å². The summed E-state index contributed by atoms with van der Waals surface area (Å²) in [7, 11) is -3.90. The van der Waals surface area contributed by atoms with E-state index >= 15 is 0 Å². The van der Waals surface area contributed by atoms with E-state index in [1.807, 2.05) is 19.9 Å². The zero-order valence-electron chi connectivity index (χ0n) is 10.9. The number of carboxylic acid groups (broad SMARTS) is 1. The number of hydrogen-bond acceptors (Lipinski definition) is 4. The predicted octanol–water partition coefficient (Wildman–Crippen LogP) is 2.86. The van der Waals surface area contributed by atoms with Gasteiger partial charge in [0.1, 0.15) is 9.77 Å². The van der Waals surface area contributed by atoms with E-state index in [0.29, 0.717) is 5.69 Å². The third kappa shape index (κ3) is 3.00. The summed E-state index contributed by atoms with van der Waals surface area (Å²) < 4.78 is 26.9. The molecule has 0 saturated heterocycles. The van der Waals surface area contributed by atoms with Crippen LogP contribution in [-0.4, -0.2) is 19.5 Å². The van der Waals surface area contributed by atoms with Gasteiger partial charge in [0.15, 0.2) is 0 Å². The summed E-state index contributed by atoms with van der Waals surface area (Å²) >= 11 is 0.883. The molecule has 2 rings (SSSR count). The molecular formula is C13H13NO4S2. The summed E-state index contributed by atoms with van der Waals surface area (Å²) in [5.74, 6) is -1.25. The van der Waals surface area contributed by atoms with Crippen molar-refractivity contribution in [2.24, 2.45) is 0 Å². The average molecular weight is 311 g/mol. The number of aromatic carboxylic acids is 1. The molecule has 0 unspecified atom stereocenters. The van der Waals surface area contributed by atoms with Gasteiger partial charge in [0.05, 0.1) is 0 Å². The van der Waals surface area contributed by atoms with E-state index < -0.39 is 16.0 Å². The SMILES string of the molecule is Cc1cc(C)cc(NS(=O)(=O)c2ccsc2C(=O)O)c1. The summed E-state index contributed by atoms with van der Waals surface area (Å²) in [6.45, 7) is 3.72. The summed E-state index contributed by atoms with van der Waals surface area (Å²) in [6, 6.07) is 6.60. The molecule has 0 spiro atoms. The molecule has 2 N–H and O–H groups in total. The third-order valence-electron chi connectivity index (χ3n) is 2.59. The van der Waals surface area contributed by atoms with Gasteiger partial charge in [-0.15, -0.1) is 11.3 Å². The van der Waals surface area contributed by atoms with Crippen LogP contribution in [0.15, 0.2) is 34.5 Å². The molecular weight excluding hydrogens is 298 g/mol. The topological polar surface area (TPSA) is 83.5 Å². The van der Waals surface area contributed by atoms with Gasteiger partial charge in [-0.25, -0.2) is 13.2 Å². The molecule has 0 aliphatic rings. The molecule has 0 aliphatic carbocycles. The van der Waals surface area contributed by atoms with Gasteiger partial charge < -0.3 is 5.11 Å². The first kappa shape index (κ1) is 14.5. The Morgan fingerprint density at radius 1 is 1.20 bits per heavy atom. The van der Waals surface area contributed by atoms with E-state index in [1.54, 1.807) is 12.1 Å². The number of carboxylic acids is 1. The predicted molar refractivity (Wildman–Crippen MR) is 78.0 cm³/mol. The fourth-order valence-corrected chi connectivity index (χ4v) is 4.21. The lowest BCUT2D eigenvalue weighted by atomic mass is 10.1. The second-order valence-electron chi connectivity index (χ2n) is 4.40. The van der Waals surface area contributed by atoms with Gasteiger partial charge in [0.25, 0.3) is 10.0 Å². The molecule has 106 valence electrons. The molecule has 1 heterocycles. The first-order valence-corrected chi connectivity index (χ1v) is 8.08. The van der Waals surface area contributed by atoms with Gasteiger partial charge in [0.2, 0.25) is 0 Å². The molecule has 0 fully saturated rings. The van der Waals surface area contributed by atoms with Crippen LogP contribution in [-0.2, 0) is 10.0 Å². The lowest BCUT2D eigenvalue weighted by Crippen LogP contribution is -2.15. The van der Waals surface area contributed by atoms with E-state index in [1.165, 1.54) is 11.4 Å². The maximum absolute atomic E-state index is 12.2. The monoisotopic (exact) mass is 311 g/mol. The Morgan fingerprint density at radius 3 is 2.35 bits per heavy atom. The smallest absolute Gasteiger partial charge is 0.347 e. The molecule has 2 aromatic rings. The van der Waals surface area contributed by atoms with Gasteiger partial charge in [-0.2, -0.15) is 0 Å². The minimum Gasteiger partial charge on any atom is -0.477 e. The van der Waals surface area contributed by atoms with Crippen molar-refractivity contribution in [3.63, 3.8) is 0 Å². The van der Waals surface area contributed by atoms with Crippen LogP contribution in [0.1, 0.15) is 20.8 Å². The molecule has 0 aliphatic heterocycles. The standard InChI is InChI=1S/C13H13NO4S2/c1-8-5-9(2)7-10(6-8)14-20(17,18)11-3-4-19-12(11)13(15)16/h3-7,14H,1-2H3,(H,15,16). The quantitative estimate of drug-likeness (QED) is 0.909. The van der Waals surface area contributed by atoms with Crippen LogP contribution in [0, 0.1) is 13.8 Å². The highest BCUT2D eigenvalue weighted by atomic mass is 32.2. The molecule has 5 nitrogen and oxygen atoms in total. The number of thiophene rings is 1. The number of nitrogens with one attached hydrogen (secondary N) is 1. The van der Waals surface area contributed by atoms with E-state index in [-0.39, 0.29) is 9.77 Å². The number of benzene rings is 1. The third-order valence-corrected chi connectivity index (χ3v) is 5.04. The Hall–Kier alpha value is -1.86. The van der Waals surface area contributed by atoms with Crippen LogP contribution in [0.4, 0.5) is 5.69 Å². The van der Waals surface area contributed by atoms with Crippen LogP contribution in [0.3, 0.4) is 0 Å². The van der Waals surface area contributed by atoms with Crippen molar-refractivity contribution in [2.45, 2.75) is 18.7 Å². The zero-order valence-corrected chi connectivity index (χ0v) is 12.5. The second kappa shape index (κ2) is 5.26. The maximum atomic E-state index is 12.2. The van der Waals surface area contributed by atoms with Crippen LogP contribution in [0.5, 0.6) is 0 Å². The van der Waals surface area contributed by atoms with Crippen molar-refractivity contribution >= 4 is 33.0 Å². The number of anilines is 1.